The van der Waals surface area contributed by atoms with Crippen LogP contribution in [0, 0.1) is 0 Å². The molecule has 0 radical (unpaired) electrons. The van der Waals surface area contributed by atoms with Crippen LogP contribution in [0.5, 0.6) is 0 Å². The zero-order chi connectivity index (χ0) is 16.1. The molecule has 0 aliphatic carbocycles. The number of amides is 1. The van der Waals surface area contributed by atoms with Crippen molar-refractivity contribution in [2.45, 2.75) is 38.6 Å². The monoisotopic (exact) mass is 303 g/mol. The van der Waals surface area contributed by atoms with Gasteiger partial charge in [-0.25, -0.2) is 0 Å². The standard InChI is InChI=1S/C13H22FN3O4/c1-12(2,8-18)9-7-10(21-17-9)16-11(19)13(3,4)15-5-6-20-14/h7,15,18H,5-6,8H2,1-4H3,(H,16,19). The zero-order valence-electron chi connectivity index (χ0n) is 12.7. The number of aliphatic hydroxyl groups is 1. The Labute approximate surface area is 122 Å². The number of carbonyl (C=O) groups is 1. The van der Waals surface area contributed by atoms with E-state index in [1.807, 2.05) is 0 Å². The minimum absolute atomic E-state index is 0.0940. The van der Waals surface area contributed by atoms with E-state index in [0.29, 0.717) is 5.69 Å². The Balaban J connectivity index is 2.66. The quantitative estimate of drug-likeness (QED) is 0.623. The molecule has 0 unspecified atom stereocenters. The van der Waals surface area contributed by atoms with Crippen LogP contribution in [-0.2, 0) is 15.2 Å². The SMILES string of the molecule is CC(C)(NCCOF)C(=O)Nc1cc(C(C)(C)CO)no1. The minimum atomic E-state index is -0.933. The molecule has 0 aliphatic rings. The number of carbonyl (C=O) groups excluding carboxylic acids is 1. The highest BCUT2D eigenvalue weighted by molar-refractivity contribution is 5.96. The van der Waals surface area contributed by atoms with Crippen LogP contribution in [-0.4, -0.2) is 41.5 Å². The van der Waals surface area contributed by atoms with Crippen LogP contribution in [0.1, 0.15) is 33.4 Å². The first-order valence-corrected chi connectivity index (χ1v) is 6.61. The molecule has 0 fully saturated rings. The van der Waals surface area contributed by atoms with Crippen LogP contribution < -0.4 is 10.6 Å². The molecule has 0 saturated carbocycles. The van der Waals surface area contributed by atoms with Gasteiger partial charge < -0.3 is 14.9 Å². The molecular weight excluding hydrogens is 281 g/mol. The second-order valence-electron chi connectivity index (χ2n) is 5.94. The molecule has 0 atom stereocenters. The molecule has 3 N–H and O–H groups in total. The molecule has 0 saturated heterocycles. The Morgan fingerprint density at radius 2 is 2.14 bits per heavy atom. The van der Waals surface area contributed by atoms with Gasteiger partial charge in [0.05, 0.1) is 17.8 Å². The van der Waals surface area contributed by atoms with Gasteiger partial charge in [-0.3, -0.25) is 10.1 Å². The molecule has 21 heavy (non-hydrogen) atoms. The van der Waals surface area contributed by atoms with Gasteiger partial charge in [-0.05, 0) is 18.4 Å². The van der Waals surface area contributed by atoms with Crippen molar-refractivity contribution in [3.63, 3.8) is 0 Å². The number of aromatic nitrogens is 1. The number of nitrogens with zero attached hydrogens (tertiary/aromatic N) is 1. The lowest BCUT2D eigenvalue weighted by Crippen LogP contribution is -2.50. The molecule has 1 rings (SSSR count). The predicted molar refractivity (Wildman–Crippen MR) is 74.4 cm³/mol. The molecule has 1 aromatic rings. The van der Waals surface area contributed by atoms with E-state index in [1.165, 1.54) is 0 Å². The van der Waals surface area contributed by atoms with Crippen molar-refractivity contribution in [1.82, 2.24) is 10.5 Å². The van der Waals surface area contributed by atoms with Gasteiger partial charge in [0.2, 0.25) is 11.8 Å². The fraction of sp³-hybridized carbons (Fsp3) is 0.692. The highest BCUT2D eigenvalue weighted by Gasteiger charge is 2.29. The highest BCUT2D eigenvalue weighted by Crippen LogP contribution is 2.24. The first-order chi connectivity index (χ1) is 9.73. The third kappa shape index (κ3) is 4.76. The van der Waals surface area contributed by atoms with Gasteiger partial charge in [0.1, 0.15) is 6.61 Å². The Bertz CT molecular complexity index is 474. The zero-order valence-corrected chi connectivity index (χ0v) is 12.7. The van der Waals surface area contributed by atoms with Crippen LogP contribution in [0.2, 0.25) is 0 Å². The summed E-state index contributed by atoms with van der Waals surface area (Å²) in [7, 11) is 0. The second-order valence-corrected chi connectivity index (χ2v) is 5.94. The van der Waals surface area contributed by atoms with E-state index in [0.717, 1.165) is 0 Å². The summed E-state index contributed by atoms with van der Waals surface area (Å²) >= 11 is 0. The van der Waals surface area contributed by atoms with Gasteiger partial charge in [0.25, 0.3) is 0 Å². The van der Waals surface area contributed by atoms with Crippen molar-refractivity contribution < 1.29 is 23.9 Å². The third-order valence-electron chi connectivity index (χ3n) is 3.15. The Hall–Kier alpha value is -1.51. The number of anilines is 1. The molecule has 1 heterocycles. The lowest BCUT2D eigenvalue weighted by atomic mass is 9.91. The van der Waals surface area contributed by atoms with Crippen LogP contribution in [0.25, 0.3) is 0 Å². The number of aliphatic hydroxyl groups excluding tert-OH is 1. The van der Waals surface area contributed by atoms with Crippen molar-refractivity contribution in [3.05, 3.63) is 11.8 Å². The van der Waals surface area contributed by atoms with E-state index in [9.17, 15) is 14.4 Å². The van der Waals surface area contributed by atoms with Crippen LogP contribution in [0.15, 0.2) is 10.6 Å². The first kappa shape index (κ1) is 17.5. The lowest BCUT2D eigenvalue weighted by Gasteiger charge is -2.23. The fourth-order valence-corrected chi connectivity index (χ4v) is 1.48. The smallest absolute Gasteiger partial charge is 0.246 e. The third-order valence-corrected chi connectivity index (χ3v) is 3.15. The molecule has 8 heteroatoms. The number of rotatable bonds is 8. The molecular formula is C13H22FN3O4. The maximum Gasteiger partial charge on any atom is 0.246 e. The molecule has 120 valence electrons. The van der Waals surface area contributed by atoms with Crippen LogP contribution in [0.4, 0.5) is 10.4 Å². The molecule has 1 aromatic heterocycles. The van der Waals surface area contributed by atoms with Gasteiger partial charge in [0, 0.05) is 18.0 Å². The molecule has 0 spiro atoms. The average Bonchev–Trinajstić information content (AvgIpc) is 2.88. The minimum Gasteiger partial charge on any atom is -0.395 e. The van der Waals surface area contributed by atoms with E-state index in [4.69, 9.17) is 4.52 Å². The van der Waals surface area contributed by atoms with Gasteiger partial charge in [0.15, 0.2) is 0 Å². The second kappa shape index (κ2) is 6.97. The molecule has 0 aliphatic heterocycles. The first-order valence-electron chi connectivity index (χ1n) is 6.61. The Kier molecular flexibility index (Phi) is 5.82. The van der Waals surface area contributed by atoms with Crippen molar-refractivity contribution in [2.24, 2.45) is 0 Å². The van der Waals surface area contributed by atoms with Crippen molar-refractivity contribution >= 4 is 11.8 Å². The number of hydrogen-bond acceptors (Lipinski definition) is 6. The molecule has 7 nitrogen and oxygen atoms in total. The summed E-state index contributed by atoms with van der Waals surface area (Å²) in [6.07, 6.45) is 0. The number of nitrogens with one attached hydrogen (secondary N) is 2. The van der Waals surface area contributed by atoms with E-state index < -0.39 is 11.0 Å². The summed E-state index contributed by atoms with van der Waals surface area (Å²) in [5.41, 5.74) is -0.951. The van der Waals surface area contributed by atoms with Crippen molar-refractivity contribution in [2.75, 3.05) is 25.1 Å². The fourth-order valence-electron chi connectivity index (χ4n) is 1.48. The van der Waals surface area contributed by atoms with Gasteiger partial charge in [-0.1, -0.05) is 19.0 Å². The highest BCUT2D eigenvalue weighted by atomic mass is 19.3. The van der Waals surface area contributed by atoms with Crippen LogP contribution >= 0.6 is 0 Å². The summed E-state index contributed by atoms with van der Waals surface area (Å²) in [6, 6.07) is 1.56. The normalized spacial score (nSPS) is 12.5. The summed E-state index contributed by atoms with van der Waals surface area (Å²) in [6.45, 7) is 6.86. The van der Waals surface area contributed by atoms with E-state index >= 15 is 0 Å². The summed E-state index contributed by atoms with van der Waals surface area (Å²) in [4.78, 5) is 15.6. The van der Waals surface area contributed by atoms with Gasteiger partial charge in [-0.2, -0.15) is 4.94 Å². The molecule has 0 aromatic carbocycles. The Morgan fingerprint density at radius 1 is 1.48 bits per heavy atom. The van der Waals surface area contributed by atoms with E-state index in [1.54, 1.807) is 33.8 Å². The molecule has 0 bridgehead atoms. The lowest BCUT2D eigenvalue weighted by molar-refractivity contribution is -0.133. The maximum absolute atomic E-state index is 12.1. The van der Waals surface area contributed by atoms with E-state index in [-0.39, 0.29) is 31.5 Å². The van der Waals surface area contributed by atoms with Crippen molar-refractivity contribution in [3.8, 4) is 0 Å². The van der Waals surface area contributed by atoms with E-state index in [2.05, 4.69) is 20.7 Å². The van der Waals surface area contributed by atoms with Crippen molar-refractivity contribution in [1.29, 1.82) is 0 Å². The number of hydrogen-bond donors (Lipinski definition) is 3. The topological polar surface area (TPSA) is 96.6 Å². The summed E-state index contributed by atoms with van der Waals surface area (Å²) in [5, 5.41) is 18.5. The summed E-state index contributed by atoms with van der Waals surface area (Å²) in [5.74, 6) is -0.168. The Morgan fingerprint density at radius 3 is 2.71 bits per heavy atom. The van der Waals surface area contributed by atoms with Gasteiger partial charge in [-0.15, -0.1) is 0 Å². The average molecular weight is 303 g/mol. The largest absolute Gasteiger partial charge is 0.395 e. The molecule has 1 amide bonds. The van der Waals surface area contributed by atoms with Crippen LogP contribution in [0.3, 0.4) is 0 Å². The van der Waals surface area contributed by atoms with Gasteiger partial charge >= 0.3 is 0 Å². The number of halogens is 1. The maximum atomic E-state index is 12.1. The summed E-state index contributed by atoms with van der Waals surface area (Å²) < 4.78 is 16.6. The predicted octanol–water partition coefficient (Wildman–Crippen LogP) is 1.15.